The van der Waals surface area contributed by atoms with Crippen molar-refractivity contribution in [3.8, 4) is 0 Å². The minimum atomic E-state index is -0.508. The second-order valence-corrected chi connectivity index (χ2v) is 6.34. The Kier molecular flexibility index (Phi) is 5.76. The molecule has 0 aliphatic heterocycles. The topological polar surface area (TPSA) is 71.1 Å². The highest BCUT2D eigenvalue weighted by Gasteiger charge is 2.18. The van der Waals surface area contributed by atoms with E-state index in [1.165, 1.54) is 11.3 Å². The number of anilines is 2. The lowest BCUT2D eigenvalue weighted by molar-refractivity contribution is -0.124. The molecular formula is C14H13Cl2N3O2S. The molecule has 1 aromatic carbocycles. The van der Waals surface area contributed by atoms with Crippen LogP contribution in [0.25, 0.3) is 0 Å². The predicted molar refractivity (Wildman–Crippen MR) is 89.6 cm³/mol. The first-order valence-electron chi connectivity index (χ1n) is 6.41. The molecule has 0 spiro atoms. The summed E-state index contributed by atoms with van der Waals surface area (Å²) in [6, 6.07) is 4.78. The molecular weight excluding hydrogens is 345 g/mol. The van der Waals surface area contributed by atoms with E-state index < -0.39 is 5.92 Å². The molecule has 0 bridgehead atoms. The highest BCUT2D eigenvalue weighted by Crippen LogP contribution is 2.26. The first-order chi connectivity index (χ1) is 10.5. The summed E-state index contributed by atoms with van der Waals surface area (Å²) in [6.45, 7) is 1.67. The van der Waals surface area contributed by atoms with Crippen LogP contribution < -0.4 is 10.6 Å². The molecule has 1 heterocycles. The normalized spacial score (nSPS) is 11.8. The second-order valence-electron chi connectivity index (χ2n) is 4.60. The zero-order chi connectivity index (χ0) is 16.1. The van der Waals surface area contributed by atoms with Crippen LogP contribution in [0.4, 0.5) is 10.8 Å². The number of hydrogen-bond donors (Lipinski definition) is 2. The van der Waals surface area contributed by atoms with Crippen LogP contribution >= 0.6 is 34.5 Å². The minimum Gasteiger partial charge on any atom is -0.325 e. The molecule has 0 saturated carbocycles. The van der Waals surface area contributed by atoms with Gasteiger partial charge in [-0.2, -0.15) is 0 Å². The number of thiazole rings is 1. The Morgan fingerprint density at radius 2 is 2.09 bits per heavy atom. The van der Waals surface area contributed by atoms with E-state index >= 15 is 0 Å². The average Bonchev–Trinajstić information content (AvgIpc) is 2.94. The summed E-state index contributed by atoms with van der Waals surface area (Å²) in [5.74, 6) is -1.06. The number of aromatic nitrogens is 1. The lowest BCUT2D eigenvalue weighted by Gasteiger charge is -2.12. The van der Waals surface area contributed by atoms with Crippen molar-refractivity contribution in [3.05, 3.63) is 39.8 Å². The number of nitrogens with one attached hydrogen (secondary N) is 2. The number of rotatable bonds is 5. The predicted octanol–water partition coefficient (Wildman–Crippen LogP) is 4.05. The van der Waals surface area contributed by atoms with Gasteiger partial charge in [0.15, 0.2) is 5.13 Å². The summed E-state index contributed by atoms with van der Waals surface area (Å²) in [7, 11) is 0. The van der Waals surface area contributed by atoms with Gasteiger partial charge in [0.25, 0.3) is 0 Å². The van der Waals surface area contributed by atoms with Crippen LogP contribution in [0.15, 0.2) is 29.8 Å². The summed E-state index contributed by atoms with van der Waals surface area (Å²) in [4.78, 5) is 27.9. The quantitative estimate of drug-likeness (QED) is 0.847. The number of carbonyl (C=O) groups is 2. The van der Waals surface area contributed by atoms with E-state index in [0.29, 0.717) is 20.9 Å². The van der Waals surface area contributed by atoms with E-state index in [9.17, 15) is 9.59 Å². The molecule has 0 aliphatic rings. The van der Waals surface area contributed by atoms with Crippen molar-refractivity contribution in [3.63, 3.8) is 0 Å². The Morgan fingerprint density at radius 1 is 1.32 bits per heavy atom. The van der Waals surface area contributed by atoms with E-state index in [-0.39, 0.29) is 18.2 Å². The molecule has 1 atom stereocenters. The summed E-state index contributed by atoms with van der Waals surface area (Å²) >= 11 is 13.1. The fourth-order valence-corrected chi connectivity index (χ4v) is 2.67. The molecule has 0 aliphatic carbocycles. The van der Waals surface area contributed by atoms with Gasteiger partial charge in [-0.05, 0) is 18.2 Å². The van der Waals surface area contributed by atoms with Crippen molar-refractivity contribution in [2.24, 2.45) is 5.92 Å². The summed E-state index contributed by atoms with van der Waals surface area (Å²) < 4.78 is 0. The van der Waals surface area contributed by atoms with Crippen molar-refractivity contribution in [1.82, 2.24) is 4.98 Å². The highest BCUT2D eigenvalue weighted by molar-refractivity contribution is 7.13. The fourth-order valence-electron chi connectivity index (χ4n) is 1.67. The first-order valence-corrected chi connectivity index (χ1v) is 8.04. The summed E-state index contributed by atoms with van der Waals surface area (Å²) in [6.07, 6.45) is 1.65. The molecule has 1 unspecified atom stereocenters. The third kappa shape index (κ3) is 4.69. The van der Waals surface area contributed by atoms with Crippen molar-refractivity contribution >= 4 is 57.2 Å². The maximum absolute atomic E-state index is 12.1. The fraction of sp³-hybridized carbons (Fsp3) is 0.214. The van der Waals surface area contributed by atoms with E-state index in [2.05, 4.69) is 15.6 Å². The Morgan fingerprint density at radius 3 is 2.73 bits per heavy atom. The summed E-state index contributed by atoms with van der Waals surface area (Å²) in [5.41, 5.74) is 0.461. The lowest BCUT2D eigenvalue weighted by atomic mass is 10.1. The van der Waals surface area contributed by atoms with Crippen LogP contribution in [-0.4, -0.2) is 16.8 Å². The van der Waals surface area contributed by atoms with E-state index in [1.54, 1.807) is 36.7 Å². The van der Waals surface area contributed by atoms with E-state index in [0.717, 1.165) is 0 Å². The number of amides is 2. The van der Waals surface area contributed by atoms with Crippen molar-refractivity contribution in [1.29, 1.82) is 0 Å². The van der Waals surface area contributed by atoms with Gasteiger partial charge in [-0.3, -0.25) is 9.59 Å². The molecule has 0 radical (unpaired) electrons. The third-order valence-electron chi connectivity index (χ3n) is 2.81. The van der Waals surface area contributed by atoms with E-state index in [4.69, 9.17) is 23.2 Å². The molecule has 2 aromatic rings. The Bertz CT molecular complexity index is 677. The van der Waals surface area contributed by atoms with Gasteiger partial charge in [0, 0.05) is 28.9 Å². The molecule has 0 saturated heterocycles. The largest absolute Gasteiger partial charge is 0.325 e. The van der Waals surface area contributed by atoms with Gasteiger partial charge >= 0.3 is 0 Å². The molecule has 2 rings (SSSR count). The first kappa shape index (κ1) is 16.7. The monoisotopic (exact) mass is 357 g/mol. The molecule has 8 heteroatoms. The van der Waals surface area contributed by atoms with Gasteiger partial charge in [0.1, 0.15) is 0 Å². The summed E-state index contributed by atoms with van der Waals surface area (Å²) in [5, 5.41) is 8.42. The highest BCUT2D eigenvalue weighted by atomic mass is 35.5. The number of carbonyl (C=O) groups excluding carboxylic acids is 2. The molecule has 0 fully saturated rings. The number of hydrogen-bond acceptors (Lipinski definition) is 4. The molecule has 2 N–H and O–H groups in total. The smallest absolute Gasteiger partial charge is 0.227 e. The number of nitrogens with zero attached hydrogens (tertiary/aromatic N) is 1. The van der Waals surface area contributed by atoms with Crippen LogP contribution in [0, 0.1) is 5.92 Å². The minimum absolute atomic E-state index is 0.0522. The molecule has 116 valence electrons. The van der Waals surface area contributed by atoms with Crippen LogP contribution in [0.2, 0.25) is 10.0 Å². The van der Waals surface area contributed by atoms with Crippen molar-refractivity contribution < 1.29 is 9.59 Å². The van der Waals surface area contributed by atoms with Gasteiger partial charge in [-0.25, -0.2) is 4.98 Å². The van der Waals surface area contributed by atoms with Gasteiger partial charge in [0.2, 0.25) is 11.8 Å². The standard InChI is InChI=1S/C14H13Cl2N3O2S/c1-8(6-12(20)19-14-17-4-5-22-14)13(21)18-11-3-2-9(15)7-10(11)16/h2-5,7-8H,6H2,1H3,(H,18,21)(H,17,19,20). The van der Waals surface area contributed by atoms with Crippen molar-refractivity contribution in [2.45, 2.75) is 13.3 Å². The molecule has 2 amide bonds. The SMILES string of the molecule is CC(CC(=O)Nc1nccs1)C(=O)Nc1ccc(Cl)cc1Cl. The van der Waals surface area contributed by atoms with Crippen LogP contribution in [0.3, 0.4) is 0 Å². The zero-order valence-corrected chi connectivity index (χ0v) is 13.9. The van der Waals surface area contributed by atoms with Crippen LogP contribution in [0.5, 0.6) is 0 Å². The lowest BCUT2D eigenvalue weighted by Crippen LogP contribution is -2.25. The van der Waals surface area contributed by atoms with E-state index in [1.807, 2.05) is 0 Å². The average molecular weight is 358 g/mol. The Balaban J connectivity index is 1.90. The van der Waals surface area contributed by atoms with Gasteiger partial charge < -0.3 is 10.6 Å². The number of halogens is 2. The van der Waals surface area contributed by atoms with Gasteiger partial charge in [-0.15, -0.1) is 11.3 Å². The van der Waals surface area contributed by atoms with Crippen LogP contribution in [-0.2, 0) is 9.59 Å². The second kappa shape index (κ2) is 7.58. The van der Waals surface area contributed by atoms with Gasteiger partial charge in [-0.1, -0.05) is 30.1 Å². The zero-order valence-electron chi connectivity index (χ0n) is 11.6. The molecule has 1 aromatic heterocycles. The maximum Gasteiger partial charge on any atom is 0.227 e. The Hall–Kier alpha value is -1.63. The Labute approximate surface area is 141 Å². The molecule has 22 heavy (non-hydrogen) atoms. The van der Waals surface area contributed by atoms with Gasteiger partial charge in [0.05, 0.1) is 10.7 Å². The van der Waals surface area contributed by atoms with Crippen molar-refractivity contribution in [2.75, 3.05) is 10.6 Å². The number of benzene rings is 1. The maximum atomic E-state index is 12.1. The van der Waals surface area contributed by atoms with Crippen LogP contribution in [0.1, 0.15) is 13.3 Å². The third-order valence-corrected chi connectivity index (χ3v) is 4.04. The molecule has 5 nitrogen and oxygen atoms in total.